The molecule has 0 saturated heterocycles. The standard InChI is InChI=1S/C18H20N2O5S/c1-4-23-16(22)13-9-19-17(26-13)20-14(21)10-24-12-7-5-6-11-8-18(2,3)25-15(11)12/h5-7,9H,4,8,10H2,1-3H3,(H,19,20,21). The second-order valence-corrected chi connectivity index (χ2v) is 7.40. The molecule has 7 nitrogen and oxygen atoms in total. The van der Waals surface area contributed by atoms with Gasteiger partial charge in [0.25, 0.3) is 5.91 Å². The molecule has 0 unspecified atom stereocenters. The Kier molecular flexibility index (Phi) is 5.13. The molecule has 138 valence electrons. The summed E-state index contributed by atoms with van der Waals surface area (Å²) in [6.45, 7) is 5.84. The van der Waals surface area contributed by atoms with Crippen molar-refractivity contribution >= 4 is 28.3 Å². The molecule has 0 bridgehead atoms. The van der Waals surface area contributed by atoms with Crippen molar-refractivity contribution in [1.82, 2.24) is 4.98 Å². The van der Waals surface area contributed by atoms with Gasteiger partial charge in [0.1, 0.15) is 10.5 Å². The monoisotopic (exact) mass is 376 g/mol. The molecule has 2 heterocycles. The van der Waals surface area contributed by atoms with E-state index in [0.717, 1.165) is 23.3 Å². The van der Waals surface area contributed by atoms with Crippen LogP contribution in [-0.2, 0) is 16.0 Å². The Labute approximate surface area is 155 Å². The SMILES string of the molecule is CCOC(=O)c1cnc(NC(=O)COc2cccc3c2OC(C)(C)C3)s1. The lowest BCUT2D eigenvalue weighted by atomic mass is 10.0. The number of aromatic nitrogens is 1. The van der Waals surface area contributed by atoms with E-state index in [2.05, 4.69) is 10.3 Å². The van der Waals surface area contributed by atoms with Gasteiger partial charge in [-0.15, -0.1) is 0 Å². The Hall–Kier alpha value is -2.61. The number of carbonyl (C=O) groups excluding carboxylic acids is 2. The third-order valence-electron chi connectivity index (χ3n) is 3.64. The summed E-state index contributed by atoms with van der Waals surface area (Å²) >= 11 is 1.05. The minimum atomic E-state index is -0.457. The summed E-state index contributed by atoms with van der Waals surface area (Å²) in [4.78, 5) is 28.0. The summed E-state index contributed by atoms with van der Waals surface area (Å²) in [6.07, 6.45) is 2.17. The van der Waals surface area contributed by atoms with Crippen LogP contribution in [0.1, 0.15) is 36.0 Å². The fourth-order valence-electron chi connectivity index (χ4n) is 2.63. The number of hydrogen-bond donors (Lipinski definition) is 1. The van der Waals surface area contributed by atoms with Gasteiger partial charge in [-0.05, 0) is 26.8 Å². The van der Waals surface area contributed by atoms with E-state index in [1.54, 1.807) is 13.0 Å². The van der Waals surface area contributed by atoms with Gasteiger partial charge < -0.3 is 14.2 Å². The van der Waals surface area contributed by atoms with Gasteiger partial charge in [-0.25, -0.2) is 9.78 Å². The van der Waals surface area contributed by atoms with Gasteiger partial charge in [-0.3, -0.25) is 10.1 Å². The fraction of sp³-hybridized carbons (Fsp3) is 0.389. The molecule has 1 aromatic heterocycles. The van der Waals surface area contributed by atoms with Crippen LogP contribution in [0, 0.1) is 0 Å². The molecule has 1 amide bonds. The van der Waals surface area contributed by atoms with Crippen molar-refractivity contribution in [3.05, 3.63) is 34.8 Å². The van der Waals surface area contributed by atoms with Crippen LogP contribution in [0.15, 0.2) is 24.4 Å². The molecular formula is C18H20N2O5S. The van der Waals surface area contributed by atoms with E-state index in [0.29, 0.717) is 21.5 Å². The number of hydrogen-bond acceptors (Lipinski definition) is 7. The van der Waals surface area contributed by atoms with Crippen LogP contribution in [0.2, 0.25) is 0 Å². The zero-order valence-electron chi connectivity index (χ0n) is 14.8. The van der Waals surface area contributed by atoms with Crippen molar-refractivity contribution in [3.8, 4) is 11.5 Å². The lowest BCUT2D eigenvalue weighted by Gasteiger charge is -2.18. The summed E-state index contributed by atoms with van der Waals surface area (Å²) in [5.41, 5.74) is 0.779. The van der Waals surface area contributed by atoms with Crippen LogP contribution < -0.4 is 14.8 Å². The van der Waals surface area contributed by atoms with Gasteiger partial charge in [-0.2, -0.15) is 0 Å². The number of amides is 1. The van der Waals surface area contributed by atoms with Gasteiger partial charge in [0, 0.05) is 12.0 Å². The van der Waals surface area contributed by atoms with E-state index >= 15 is 0 Å². The van der Waals surface area contributed by atoms with Gasteiger partial charge in [0.15, 0.2) is 23.2 Å². The molecule has 0 spiro atoms. The Morgan fingerprint density at radius 2 is 2.19 bits per heavy atom. The number of carbonyl (C=O) groups is 2. The fourth-order valence-corrected chi connectivity index (χ4v) is 3.35. The van der Waals surface area contributed by atoms with Crippen LogP contribution in [0.4, 0.5) is 5.13 Å². The third-order valence-corrected chi connectivity index (χ3v) is 4.54. The molecule has 0 aliphatic carbocycles. The molecule has 0 fully saturated rings. The highest BCUT2D eigenvalue weighted by Crippen LogP contribution is 2.41. The maximum absolute atomic E-state index is 12.1. The van der Waals surface area contributed by atoms with Gasteiger partial charge in [0.05, 0.1) is 12.8 Å². The average Bonchev–Trinajstić information content (AvgIpc) is 3.15. The number of esters is 1. The van der Waals surface area contributed by atoms with Crippen molar-refractivity contribution in [2.75, 3.05) is 18.5 Å². The second-order valence-electron chi connectivity index (χ2n) is 6.37. The van der Waals surface area contributed by atoms with Crippen LogP contribution in [0.5, 0.6) is 11.5 Å². The summed E-state index contributed by atoms with van der Waals surface area (Å²) in [5.74, 6) is 0.393. The summed E-state index contributed by atoms with van der Waals surface area (Å²) in [6, 6.07) is 5.64. The maximum Gasteiger partial charge on any atom is 0.350 e. The molecular weight excluding hydrogens is 356 g/mol. The molecule has 1 aliphatic heterocycles. The molecule has 1 aliphatic rings. The van der Waals surface area contributed by atoms with Crippen molar-refractivity contribution < 1.29 is 23.8 Å². The normalized spacial score (nSPS) is 14.3. The van der Waals surface area contributed by atoms with Crippen LogP contribution in [0.3, 0.4) is 0 Å². The molecule has 3 rings (SSSR count). The van der Waals surface area contributed by atoms with E-state index in [4.69, 9.17) is 14.2 Å². The molecule has 0 radical (unpaired) electrons. The quantitative estimate of drug-likeness (QED) is 0.780. The van der Waals surface area contributed by atoms with Crippen molar-refractivity contribution in [3.63, 3.8) is 0 Å². The van der Waals surface area contributed by atoms with E-state index in [1.165, 1.54) is 6.20 Å². The number of anilines is 1. The minimum Gasteiger partial charge on any atom is -0.483 e. The number of rotatable bonds is 6. The first-order valence-corrected chi connectivity index (χ1v) is 9.06. The van der Waals surface area contributed by atoms with Crippen LogP contribution >= 0.6 is 11.3 Å². The summed E-state index contributed by atoms with van der Waals surface area (Å²) in [5, 5.41) is 2.93. The van der Waals surface area contributed by atoms with Gasteiger partial charge >= 0.3 is 5.97 Å². The number of ether oxygens (including phenoxy) is 3. The van der Waals surface area contributed by atoms with Gasteiger partial charge in [-0.1, -0.05) is 23.5 Å². The molecule has 26 heavy (non-hydrogen) atoms. The number of thiazole rings is 1. The highest BCUT2D eigenvalue weighted by molar-refractivity contribution is 7.17. The third kappa shape index (κ3) is 4.13. The van der Waals surface area contributed by atoms with E-state index in [1.807, 2.05) is 26.0 Å². The molecule has 1 N–H and O–H groups in total. The highest BCUT2D eigenvalue weighted by Gasteiger charge is 2.32. The smallest absolute Gasteiger partial charge is 0.350 e. The second kappa shape index (κ2) is 7.33. The lowest BCUT2D eigenvalue weighted by molar-refractivity contribution is -0.118. The Bertz CT molecular complexity index is 831. The summed E-state index contributed by atoms with van der Waals surface area (Å²) < 4.78 is 16.4. The largest absolute Gasteiger partial charge is 0.483 e. The first-order valence-electron chi connectivity index (χ1n) is 8.24. The number of fused-ring (bicyclic) bond motifs is 1. The van der Waals surface area contributed by atoms with Gasteiger partial charge in [0.2, 0.25) is 0 Å². The summed E-state index contributed by atoms with van der Waals surface area (Å²) in [7, 11) is 0. The molecule has 2 aromatic rings. The lowest BCUT2D eigenvalue weighted by Crippen LogP contribution is -2.25. The van der Waals surface area contributed by atoms with Crippen molar-refractivity contribution in [1.29, 1.82) is 0 Å². The molecule has 0 saturated carbocycles. The van der Waals surface area contributed by atoms with E-state index in [9.17, 15) is 9.59 Å². The van der Waals surface area contributed by atoms with Crippen molar-refractivity contribution in [2.45, 2.75) is 32.8 Å². The molecule has 8 heteroatoms. The number of nitrogens with one attached hydrogen (secondary N) is 1. The maximum atomic E-state index is 12.1. The number of para-hydroxylation sites is 1. The highest BCUT2D eigenvalue weighted by atomic mass is 32.1. The average molecular weight is 376 g/mol. The first-order chi connectivity index (χ1) is 12.4. The Morgan fingerprint density at radius 1 is 1.38 bits per heavy atom. The van der Waals surface area contributed by atoms with E-state index in [-0.39, 0.29) is 24.7 Å². The predicted molar refractivity (Wildman–Crippen MR) is 97.0 cm³/mol. The Balaban J connectivity index is 1.58. The molecule has 1 aromatic carbocycles. The number of nitrogens with zero attached hydrogens (tertiary/aromatic N) is 1. The number of benzene rings is 1. The first kappa shape index (κ1) is 18.2. The predicted octanol–water partition coefficient (Wildman–Crippen LogP) is 3.05. The molecule has 0 atom stereocenters. The van der Waals surface area contributed by atoms with Crippen molar-refractivity contribution in [2.24, 2.45) is 0 Å². The topological polar surface area (TPSA) is 86.8 Å². The minimum absolute atomic E-state index is 0.186. The zero-order valence-corrected chi connectivity index (χ0v) is 15.6. The van der Waals surface area contributed by atoms with E-state index < -0.39 is 5.97 Å². The van der Waals surface area contributed by atoms with Crippen LogP contribution in [0.25, 0.3) is 0 Å². The Morgan fingerprint density at radius 3 is 2.96 bits per heavy atom. The van der Waals surface area contributed by atoms with Crippen LogP contribution in [-0.4, -0.2) is 35.7 Å². The zero-order chi connectivity index (χ0) is 18.7.